The summed E-state index contributed by atoms with van der Waals surface area (Å²) in [5, 5.41) is 9.32. The minimum absolute atomic E-state index is 0.276. The number of aliphatic carboxylic acids is 1. The van der Waals surface area contributed by atoms with Gasteiger partial charge in [-0.3, -0.25) is 0 Å². The molecule has 0 radical (unpaired) electrons. The van der Waals surface area contributed by atoms with E-state index in [-0.39, 0.29) is 6.42 Å². The Hall–Kier alpha value is -4.04. The van der Waals surface area contributed by atoms with Crippen molar-refractivity contribution in [3.05, 3.63) is 84.4 Å². The first kappa shape index (κ1) is 32.5. The van der Waals surface area contributed by atoms with Crippen LogP contribution in [0.25, 0.3) is 0 Å². The second-order valence-corrected chi connectivity index (χ2v) is 10.1. The summed E-state index contributed by atoms with van der Waals surface area (Å²) >= 11 is 0. The molecule has 42 heavy (non-hydrogen) atoms. The summed E-state index contributed by atoms with van der Waals surface area (Å²) in [5.41, 5.74) is 0.843. The quantitative estimate of drug-likeness (QED) is 0.166. The first-order valence-electron chi connectivity index (χ1n) is 14.8. The molecule has 0 aliphatic carbocycles. The fourth-order valence-corrected chi connectivity index (χ4v) is 4.71. The van der Waals surface area contributed by atoms with E-state index >= 15 is 0 Å². The van der Waals surface area contributed by atoms with Crippen LogP contribution in [0.4, 0.5) is 4.79 Å². The monoisotopic (exact) mass is 577 g/mol. The number of carboxylic acid groups (broad SMARTS) is 1. The number of para-hydroxylation sites is 1. The van der Waals surface area contributed by atoms with Crippen molar-refractivity contribution >= 4 is 12.1 Å². The number of hydrogen-bond donors (Lipinski definition) is 1. The van der Waals surface area contributed by atoms with E-state index in [4.69, 9.17) is 18.9 Å². The zero-order valence-electron chi connectivity index (χ0n) is 24.9. The molecule has 8 heteroatoms. The molecule has 3 aromatic rings. The Kier molecular flexibility index (Phi) is 13.7. The molecule has 0 aromatic heterocycles. The standard InChI is InChI=1S/C34H43NO7/c1-4-10-27(11-5-2)25-35(22-23-40-28-16-14-26(15-17-28)24-32(33(36)37)39-6-3)34(38)42-31-20-18-30(19-21-31)41-29-12-8-7-9-13-29/h7-9,12-21,27,32H,4-6,10-11,22-25H2,1-3H3,(H,36,37). The molecule has 0 saturated heterocycles. The van der Waals surface area contributed by atoms with E-state index in [0.717, 1.165) is 37.0 Å². The van der Waals surface area contributed by atoms with Crippen LogP contribution in [0.2, 0.25) is 0 Å². The van der Waals surface area contributed by atoms with Crippen LogP contribution < -0.4 is 14.2 Å². The lowest BCUT2D eigenvalue weighted by Crippen LogP contribution is -2.40. The van der Waals surface area contributed by atoms with Gasteiger partial charge in [-0.1, -0.05) is 57.0 Å². The highest BCUT2D eigenvalue weighted by molar-refractivity contribution is 5.72. The van der Waals surface area contributed by atoms with Gasteiger partial charge in [-0.25, -0.2) is 9.59 Å². The number of carboxylic acids is 1. The highest BCUT2D eigenvalue weighted by Crippen LogP contribution is 2.24. The highest BCUT2D eigenvalue weighted by atomic mass is 16.6. The molecular formula is C34H43NO7. The van der Waals surface area contributed by atoms with Gasteiger partial charge in [0.2, 0.25) is 0 Å². The smallest absolute Gasteiger partial charge is 0.415 e. The van der Waals surface area contributed by atoms with Gasteiger partial charge in [-0.15, -0.1) is 0 Å². The Morgan fingerprint density at radius 3 is 1.98 bits per heavy atom. The van der Waals surface area contributed by atoms with E-state index in [0.29, 0.717) is 49.5 Å². The minimum Gasteiger partial charge on any atom is -0.492 e. The predicted octanol–water partition coefficient (Wildman–Crippen LogP) is 7.61. The van der Waals surface area contributed by atoms with Crippen molar-refractivity contribution in [1.82, 2.24) is 4.90 Å². The molecule has 1 atom stereocenters. The predicted molar refractivity (Wildman–Crippen MR) is 163 cm³/mol. The molecule has 3 aromatic carbocycles. The zero-order chi connectivity index (χ0) is 30.2. The number of nitrogens with zero attached hydrogens (tertiary/aromatic N) is 1. The Labute approximate surface area is 249 Å². The van der Waals surface area contributed by atoms with Crippen molar-refractivity contribution in [3.63, 3.8) is 0 Å². The lowest BCUT2D eigenvalue weighted by molar-refractivity contribution is -0.149. The maximum atomic E-state index is 13.3. The van der Waals surface area contributed by atoms with E-state index in [1.54, 1.807) is 48.2 Å². The van der Waals surface area contributed by atoms with Crippen LogP contribution >= 0.6 is 0 Å². The molecule has 0 bridgehead atoms. The van der Waals surface area contributed by atoms with Gasteiger partial charge in [0.15, 0.2) is 6.10 Å². The first-order valence-corrected chi connectivity index (χ1v) is 14.8. The molecule has 1 N–H and O–H groups in total. The number of carbonyl (C=O) groups excluding carboxylic acids is 1. The molecular weight excluding hydrogens is 534 g/mol. The molecule has 0 fully saturated rings. The minimum atomic E-state index is -0.981. The summed E-state index contributed by atoms with van der Waals surface area (Å²) in [6, 6.07) is 23.8. The average Bonchev–Trinajstić information content (AvgIpc) is 2.99. The van der Waals surface area contributed by atoms with Crippen LogP contribution in [-0.4, -0.2) is 54.5 Å². The van der Waals surface area contributed by atoms with E-state index in [1.807, 2.05) is 42.5 Å². The second kappa shape index (κ2) is 17.7. The molecule has 3 rings (SSSR count). The fraction of sp³-hybridized carbons (Fsp3) is 0.412. The summed E-state index contributed by atoms with van der Waals surface area (Å²) in [4.78, 5) is 26.4. The van der Waals surface area contributed by atoms with E-state index in [2.05, 4.69) is 13.8 Å². The van der Waals surface area contributed by atoms with Crippen molar-refractivity contribution in [1.29, 1.82) is 0 Å². The van der Waals surface area contributed by atoms with Crippen LogP contribution in [0.15, 0.2) is 78.9 Å². The molecule has 0 saturated carbocycles. The van der Waals surface area contributed by atoms with E-state index in [9.17, 15) is 14.7 Å². The van der Waals surface area contributed by atoms with Gasteiger partial charge < -0.3 is 29.0 Å². The van der Waals surface area contributed by atoms with Crippen LogP contribution in [-0.2, 0) is 16.0 Å². The van der Waals surface area contributed by atoms with Gasteiger partial charge in [-0.2, -0.15) is 0 Å². The van der Waals surface area contributed by atoms with Crippen molar-refractivity contribution < 1.29 is 33.6 Å². The second-order valence-electron chi connectivity index (χ2n) is 10.1. The summed E-state index contributed by atoms with van der Waals surface area (Å²) < 4.78 is 22.8. The van der Waals surface area contributed by atoms with E-state index < -0.39 is 18.2 Å². The van der Waals surface area contributed by atoms with Crippen molar-refractivity contribution in [2.24, 2.45) is 5.92 Å². The first-order chi connectivity index (χ1) is 20.4. The Morgan fingerprint density at radius 1 is 0.786 bits per heavy atom. The van der Waals surface area contributed by atoms with Gasteiger partial charge in [0, 0.05) is 19.6 Å². The maximum absolute atomic E-state index is 13.3. The molecule has 1 unspecified atom stereocenters. The molecule has 0 spiro atoms. The Bertz CT molecular complexity index is 1190. The fourth-order valence-electron chi connectivity index (χ4n) is 4.71. The van der Waals surface area contributed by atoms with Crippen LogP contribution in [0.5, 0.6) is 23.0 Å². The lowest BCUT2D eigenvalue weighted by atomic mass is 9.98. The zero-order valence-corrected chi connectivity index (χ0v) is 24.9. The maximum Gasteiger partial charge on any atom is 0.415 e. The van der Waals surface area contributed by atoms with Gasteiger partial charge in [-0.05, 0) is 79.8 Å². The molecule has 226 valence electrons. The summed E-state index contributed by atoms with van der Waals surface area (Å²) in [6.45, 7) is 7.67. The van der Waals surface area contributed by atoms with E-state index in [1.165, 1.54) is 0 Å². The molecule has 8 nitrogen and oxygen atoms in total. The Balaban J connectivity index is 1.60. The number of carbonyl (C=O) groups is 2. The molecule has 0 aliphatic heterocycles. The normalized spacial score (nSPS) is 11.6. The lowest BCUT2D eigenvalue weighted by Gasteiger charge is -2.27. The third kappa shape index (κ3) is 11.1. The topological polar surface area (TPSA) is 94.5 Å². The van der Waals surface area contributed by atoms with Crippen LogP contribution in [0.3, 0.4) is 0 Å². The SMILES string of the molecule is CCCC(CCC)CN(CCOc1ccc(CC(OCC)C(=O)O)cc1)C(=O)Oc1ccc(Oc2ccccc2)cc1. The number of benzene rings is 3. The van der Waals surface area contributed by atoms with Gasteiger partial charge in [0.25, 0.3) is 0 Å². The number of ether oxygens (including phenoxy) is 4. The largest absolute Gasteiger partial charge is 0.492 e. The van der Waals surface area contributed by atoms with Crippen molar-refractivity contribution in [3.8, 4) is 23.0 Å². The number of amides is 1. The molecule has 0 aliphatic rings. The van der Waals surface area contributed by atoms with Crippen molar-refractivity contribution in [2.75, 3.05) is 26.3 Å². The van der Waals surface area contributed by atoms with Gasteiger partial charge >= 0.3 is 12.1 Å². The third-order valence-electron chi connectivity index (χ3n) is 6.76. The van der Waals surface area contributed by atoms with Crippen LogP contribution in [0.1, 0.15) is 52.0 Å². The van der Waals surface area contributed by atoms with Crippen LogP contribution in [0, 0.1) is 5.92 Å². The Morgan fingerprint density at radius 2 is 1.38 bits per heavy atom. The third-order valence-corrected chi connectivity index (χ3v) is 6.76. The number of rotatable bonds is 18. The van der Waals surface area contributed by atoms with Gasteiger partial charge in [0.05, 0.1) is 6.54 Å². The number of hydrogen-bond acceptors (Lipinski definition) is 6. The molecule has 0 heterocycles. The summed E-state index contributed by atoms with van der Waals surface area (Å²) in [6.07, 6.45) is 3.14. The molecule has 1 amide bonds. The van der Waals surface area contributed by atoms with Crippen molar-refractivity contribution in [2.45, 2.75) is 59.0 Å². The average molecular weight is 578 g/mol. The summed E-state index contributed by atoms with van der Waals surface area (Å²) in [7, 11) is 0. The summed E-state index contributed by atoms with van der Waals surface area (Å²) in [5.74, 6) is 1.86. The highest BCUT2D eigenvalue weighted by Gasteiger charge is 2.21. The van der Waals surface area contributed by atoms with Gasteiger partial charge in [0.1, 0.15) is 29.6 Å².